The summed E-state index contributed by atoms with van der Waals surface area (Å²) in [7, 11) is 3.73. The highest BCUT2D eigenvalue weighted by Gasteiger charge is 2.69. The Balaban J connectivity index is 1.97. The van der Waals surface area contributed by atoms with Crippen LogP contribution in [0.2, 0.25) is 0 Å². The minimum atomic E-state index is -2.42. The van der Waals surface area contributed by atoms with Crippen molar-refractivity contribution in [2.75, 3.05) is 26.2 Å². The maximum absolute atomic E-state index is 13.9. The van der Waals surface area contributed by atoms with E-state index in [4.69, 9.17) is 14.2 Å². The van der Waals surface area contributed by atoms with Gasteiger partial charge in [-0.25, -0.2) is 9.69 Å². The van der Waals surface area contributed by atoms with Gasteiger partial charge in [0.15, 0.2) is 5.78 Å². The number of esters is 1. The number of hydrogen-bond acceptors (Lipinski definition) is 10. The molecule has 2 saturated heterocycles. The third-order valence-corrected chi connectivity index (χ3v) is 7.28. The van der Waals surface area contributed by atoms with E-state index in [0.29, 0.717) is 5.56 Å². The maximum atomic E-state index is 13.9. The molecule has 13 heteroatoms. The topological polar surface area (TPSA) is 186 Å². The summed E-state index contributed by atoms with van der Waals surface area (Å²) in [6.45, 7) is 1.34. The second-order valence-electron chi connectivity index (χ2n) is 9.37. The zero-order valence-electron chi connectivity index (χ0n) is 21.9. The summed E-state index contributed by atoms with van der Waals surface area (Å²) in [6, 6.07) is 6.95. The fourth-order valence-corrected chi connectivity index (χ4v) is 5.50. The molecule has 2 fully saturated rings. The van der Waals surface area contributed by atoms with Crippen LogP contribution in [0.5, 0.6) is 11.5 Å². The summed E-state index contributed by atoms with van der Waals surface area (Å²) >= 11 is 0. The number of nitrogens with one attached hydrogen (secondary N) is 1. The van der Waals surface area contributed by atoms with Crippen LogP contribution in [0.25, 0.3) is 0 Å². The van der Waals surface area contributed by atoms with Crippen molar-refractivity contribution in [3.63, 3.8) is 0 Å². The molecule has 0 spiro atoms. The highest BCUT2D eigenvalue weighted by atomic mass is 16.5. The Kier molecular flexibility index (Phi) is 7.35. The summed E-state index contributed by atoms with van der Waals surface area (Å²) in [5.41, 5.74) is -2.19. The van der Waals surface area contributed by atoms with Gasteiger partial charge in [-0.05, 0) is 42.8 Å². The van der Waals surface area contributed by atoms with Gasteiger partial charge in [-0.1, -0.05) is 0 Å². The average Bonchev–Trinajstić information content (AvgIpc) is 3.40. The second kappa shape index (κ2) is 10.4. The van der Waals surface area contributed by atoms with Gasteiger partial charge in [0.25, 0.3) is 0 Å². The van der Waals surface area contributed by atoms with E-state index in [9.17, 15) is 39.0 Å². The van der Waals surface area contributed by atoms with Gasteiger partial charge in [-0.2, -0.15) is 0 Å². The number of carbonyl (C=O) groups is 6. The quantitative estimate of drug-likeness (QED) is 0.230. The monoisotopic (exact) mass is 554 g/mol. The van der Waals surface area contributed by atoms with Gasteiger partial charge in [-0.15, -0.1) is 0 Å². The van der Waals surface area contributed by atoms with Crippen LogP contribution in [-0.2, 0) is 23.9 Å². The first-order chi connectivity index (χ1) is 18.9. The highest BCUT2D eigenvalue weighted by molar-refractivity contribution is 6.24. The SMILES string of the molecule is COC(=O)c1c(OC)cc(OC)cc1C1NC(CC(=O)O)(C(=O)O)C2C(=O)N(c3ccc(C(C)=O)cc3)C(=O)C12. The molecule has 2 aliphatic rings. The molecule has 0 aromatic heterocycles. The third-order valence-electron chi connectivity index (χ3n) is 7.28. The van der Waals surface area contributed by atoms with Gasteiger partial charge >= 0.3 is 17.9 Å². The van der Waals surface area contributed by atoms with E-state index in [0.717, 1.165) is 12.0 Å². The lowest BCUT2D eigenvalue weighted by Gasteiger charge is -2.30. The molecule has 2 amide bonds. The number of carboxylic acids is 2. The summed E-state index contributed by atoms with van der Waals surface area (Å²) in [4.78, 5) is 77.8. The lowest BCUT2D eigenvalue weighted by atomic mass is 9.77. The molecule has 40 heavy (non-hydrogen) atoms. The minimum Gasteiger partial charge on any atom is -0.497 e. The molecule has 3 N–H and O–H groups in total. The van der Waals surface area contributed by atoms with E-state index in [1.165, 1.54) is 57.5 Å². The first kappa shape index (κ1) is 28.2. The molecule has 13 nitrogen and oxygen atoms in total. The third kappa shape index (κ3) is 4.33. The number of nitrogens with zero attached hydrogens (tertiary/aromatic N) is 1. The van der Waals surface area contributed by atoms with Crippen molar-refractivity contribution in [3.05, 3.63) is 53.1 Å². The Hall–Kier alpha value is -4.78. The molecule has 4 rings (SSSR count). The Morgan fingerprint density at radius 3 is 2.12 bits per heavy atom. The van der Waals surface area contributed by atoms with Crippen molar-refractivity contribution in [2.24, 2.45) is 11.8 Å². The van der Waals surface area contributed by atoms with Crippen LogP contribution in [0.3, 0.4) is 0 Å². The van der Waals surface area contributed by atoms with Gasteiger partial charge in [-0.3, -0.25) is 29.3 Å². The molecule has 2 aromatic rings. The number of hydrogen-bond donors (Lipinski definition) is 3. The van der Waals surface area contributed by atoms with E-state index >= 15 is 0 Å². The smallest absolute Gasteiger partial charge is 0.341 e. The zero-order chi connectivity index (χ0) is 29.5. The summed E-state index contributed by atoms with van der Waals surface area (Å²) < 4.78 is 15.6. The van der Waals surface area contributed by atoms with Crippen LogP contribution in [0.1, 0.15) is 45.7 Å². The number of anilines is 1. The number of imide groups is 1. The van der Waals surface area contributed by atoms with Gasteiger partial charge in [0.2, 0.25) is 11.8 Å². The molecule has 0 bridgehead atoms. The first-order valence-corrected chi connectivity index (χ1v) is 12.0. The lowest BCUT2D eigenvalue weighted by molar-refractivity contribution is -0.154. The fraction of sp³-hybridized carbons (Fsp3) is 0.333. The minimum absolute atomic E-state index is 0.0148. The fourth-order valence-electron chi connectivity index (χ4n) is 5.50. The molecule has 4 atom stereocenters. The van der Waals surface area contributed by atoms with Gasteiger partial charge < -0.3 is 24.4 Å². The van der Waals surface area contributed by atoms with Crippen molar-refractivity contribution in [1.82, 2.24) is 5.32 Å². The number of carbonyl (C=O) groups excluding carboxylic acids is 4. The summed E-state index contributed by atoms with van der Waals surface area (Å²) in [5, 5.41) is 22.7. The van der Waals surface area contributed by atoms with Crippen LogP contribution in [0.4, 0.5) is 5.69 Å². The maximum Gasteiger partial charge on any atom is 0.341 e. The predicted octanol–water partition coefficient (Wildman–Crippen LogP) is 1.44. The molecular weight excluding hydrogens is 528 g/mol. The average molecular weight is 555 g/mol. The lowest BCUT2D eigenvalue weighted by Crippen LogP contribution is -2.57. The van der Waals surface area contributed by atoms with Crippen LogP contribution in [0, 0.1) is 11.8 Å². The molecule has 0 radical (unpaired) electrons. The van der Waals surface area contributed by atoms with E-state index < -0.39 is 59.6 Å². The molecule has 2 aromatic carbocycles. The number of rotatable bonds is 9. The van der Waals surface area contributed by atoms with E-state index in [1.54, 1.807) is 0 Å². The Labute approximate surface area is 227 Å². The number of ketones is 1. The Morgan fingerprint density at radius 1 is 0.975 bits per heavy atom. The van der Waals surface area contributed by atoms with Gasteiger partial charge in [0, 0.05) is 17.7 Å². The van der Waals surface area contributed by atoms with Crippen molar-refractivity contribution in [1.29, 1.82) is 0 Å². The number of aliphatic carboxylic acids is 2. The van der Waals surface area contributed by atoms with Crippen molar-refractivity contribution >= 4 is 41.2 Å². The standard InChI is InChI=1S/C27H26N2O11/c1-12(30)13-5-7-14(8-6-13)29-23(33)20-21(24(29)34)27(26(36)37,11-18(31)32)28-22(20)16-9-15(38-2)10-17(39-3)19(16)25(35)40-4/h5-10,20-22,28H,11H2,1-4H3,(H,31,32)(H,36,37). The summed E-state index contributed by atoms with van der Waals surface area (Å²) in [6.07, 6.45) is -1.05. The highest BCUT2D eigenvalue weighted by Crippen LogP contribution is 2.52. The number of methoxy groups -OCH3 is 3. The van der Waals surface area contributed by atoms with Crippen LogP contribution < -0.4 is 19.7 Å². The Morgan fingerprint density at radius 2 is 1.62 bits per heavy atom. The van der Waals surface area contributed by atoms with Crippen molar-refractivity contribution < 1.29 is 53.2 Å². The van der Waals surface area contributed by atoms with E-state index in [-0.39, 0.29) is 34.1 Å². The number of amides is 2. The van der Waals surface area contributed by atoms with Crippen LogP contribution in [0.15, 0.2) is 36.4 Å². The number of benzene rings is 2. The molecule has 2 aliphatic heterocycles. The van der Waals surface area contributed by atoms with Crippen molar-refractivity contribution in [3.8, 4) is 11.5 Å². The molecule has 2 heterocycles. The molecule has 210 valence electrons. The zero-order valence-corrected chi connectivity index (χ0v) is 21.9. The molecule has 0 saturated carbocycles. The molecular formula is C27H26N2O11. The summed E-state index contributed by atoms with van der Waals surface area (Å²) in [5.74, 6) is -9.06. The largest absolute Gasteiger partial charge is 0.497 e. The van der Waals surface area contributed by atoms with Gasteiger partial charge in [0.05, 0.1) is 45.3 Å². The normalized spacial score (nSPS) is 23.5. The number of fused-ring (bicyclic) bond motifs is 1. The first-order valence-electron chi connectivity index (χ1n) is 12.0. The Bertz CT molecular complexity index is 1430. The second-order valence-corrected chi connectivity index (χ2v) is 9.37. The van der Waals surface area contributed by atoms with E-state index in [2.05, 4.69) is 5.32 Å². The predicted molar refractivity (Wildman–Crippen MR) is 135 cm³/mol. The number of ether oxygens (including phenoxy) is 3. The van der Waals surface area contributed by atoms with E-state index in [1.807, 2.05) is 0 Å². The number of carboxylic acid groups (broad SMARTS) is 2. The number of Topliss-reactive ketones (excluding diaryl/α,β-unsaturated/α-hetero) is 1. The molecule has 4 unspecified atom stereocenters. The van der Waals surface area contributed by atoms with Crippen LogP contribution >= 0.6 is 0 Å². The van der Waals surface area contributed by atoms with Gasteiger partial charge in [0.1, 0.15) is 22.6 Å². The molecule has 0 aliphatic carbocycles. The van der Waals surface area contributed by atoms with Crippen molar-refractivity contribution in [2.45, 2.75) is 24.9 Å². The van der Waals surface area contributed by atoms with Crippen LogP contribution in [-0.4, -0.2) is 72.6 Å².